The van der Waals surface area contributed by atoms with E-state index in [1.165, 1.54) is 12.1 Å². The molecule has 2 N–H and O–H groups in total. The number of aromatic nitrogens is 1. The maximum Gasteiger partial charge on any atom is 0.130 e. The molecule has 1 aromatic carbocycles. The standard InChI is InChI=1S/C16H19F2N3/c1-2-21(11-12-5-7-20-8-6-12)16(10-19)14-4-3-13(17)9-15(14)18/h3-9,16H,2,10-11,19H2,1H3. The van der Waals surface area contributed by atoms with Crippen molar-refractivity contribution in [1.29, 1.82) is 0 Å². The lowest BCUT2D eigenvalue weighted by Gasteiger charge is -2.30. The van der Waals surface area contributed by atoms with Gasteiger partial charge in [-0.1, -0.05) is 13.0 Å². The maximum atomic E-state index is 14.0. The molecule has 0 saturated carbocycles. The number of hydrogen-bond donors (Lipinski definition) is 1. The van der Waals surface area contributed by atoms with E-state index in [0.717, 1.165) is 11.6 Å². The fraction of sp³-hybridized carbons (Fsp3) is 0.312. The smallest absolute Gasteiger partial charge is 0.130 e. The number of nitrogens with two attached hydrogens (primary N) is 1. The zero-order valence-electron chi connectivity index (χ0n) is 12.0. The van der Waals surface area contributed by atoms with Crippen LogP contribution in [0.1, 0.15) is 24.1 Å². The molecule has 0 spiro atoms. The normalized spacial score (nSPS) is 12.6. The third kappa shape index (κ3) is 3.83. The van der Waals surface area contributed by atoms with Crippen LogP contribution < -0.4 is 5.73 Å². The molecule has 1 atom stereocenters. The topological polar surface area (TPSA) is 42.2 Å². The molecule has 1 heterocycles. The zero-order valence-corrected chi connectivity index (χ0v) is 12.0. The highest BCUT2D eigenvalue weighted by atomic mass is 19.1. The number of pyridine rings is 1. The molecule has 0 aliphatic rings. The third-order valence-corrected chi connectivity index (χ3v) is 3.53. The van der Waals surface area contributed by atoms with E-state index in [4.69, 9.17) is 5.73 Å². The summed E-state index contributed by atoms with van der Waals surface area (Å²) in [5.74, 6) is -1.14. The average Bonchev–Trinajstić information content (AvgIpc) is 2.49. The average molecular weight is 291 g/mol. The van der Waals surface area contributed by atoms with Crippen molar-refractivity contribution in [3.05, 3.63) is 65.5 Å². The molecular weight excluding hydrogens is 272 g/mol. The van der Waals surface area contributed by atoms with Crippen molar-refractivity contribution in [3.63, 3.8) is 0 Å². The van der Waals surface area contributed by atoms with Gasteiger partial charge in [-0.3, -0.25) is 9.88 Å². The first-order valence-corrected chi connectivity index (χ1v) is 6.93. The molecule has 2 aromatic rings. The highest BCUT2D eigenvalue weighted by Gasteiger charge is 2.21. The van der Waals surface area contributed by atoms with Crippen LogP contribution in [0.3, 0.4) is 0 Å². The van der Waals surface area contributed by atoms with E-state index in [2.05, 4.69) is 9.88 Å². The van der Waals surface area contributed by atoms with Crippen LogP contribution in [0.15, 0.2) is 42.7 Å². The number of rotatable bonds is 6. The van der Waals surface area contributed by atoms with Gasteiger partial charge in [-0.2, -0.15) is 0 Å². The molecule has 2 rings (SSSR count). The van der Waals surface area contributed by atoms with Gasteiger partial charge < -0.3 is 5.73 Å². The van der Waals surface area contributed by atoms with Crippen molar-refractivity contribution < 1.29 is 8.78 Å². The quantitative estimate of drug-likeness (QED) is 0.890. The van der Waals surface area contributed by atoms with E-state index in [1.54, 1.807) is 12.4 Å². The molecule has 0 fully saturated rings. The lowest BCUT2D eigenvalue weighted by Crippen LogP contribution is -2.34. The largest absolute Gasteiger partial charge is 0.329 e. The summed E-state index contributed by atoms with van der Waals surface area (Å²) in [5.41, 5.74) is 7.33. The van der Waals surface area contributed by atoms with Gasteiger partial charge in [-0.15, -0.1) is 0 Å². The SMILES string of the molecule is CCN(Cc1ccncc1)C(CN)c1ccc(F)cc1F. The molecule has 5 heteroatoms. The molecule has 0 aliphatic heterocycles. The second kappa shape index (κ2) is 7.24. The fourth-order valence-corrected chi connectivity index (χ4v) is 2.41. The van der Waals surface area contributed by atoms with E-state index in [9.17, 15) is 8.78 Å². The van der Waals surface area contributed by atoms with Gasteiger partial charge in [0.15, 0.2) is 0 Å². The Hall–Kier alpha value is -1.85. The zero-order chi connectivity index (χ0) is 15.2. The van der Waals surface area contributed by atoms with E-state index >= 15 is 0 Å². The molecule has 3 nitrogen and oxygen atoms in total. The lowest BCUT2D eigenvalue weighted by atomic mass is 10.0. The second-order valence-corrected chi connectivity index (χ2v) is 4.84. The van der Waals surface area contributed by atoms with E-state index in [1.807, 2.05) is 19.1 Å². The van der Waals surface area contributed by atoms with Crippen molar-refractivity contribution >= 4 is 0 Å². The number of halogens is 2. The minimum atomic E-state index is -0.579. The Kier molecular flexibility index (Phi) is 5.36. The van der Waals surface area contributed by atoms with Gasteiger partial charge in [0.1, 0.15) is 11.6 Å². The Bertz CT molecular complexity index is 575. The summed E-state index contributed by atoms with van der Waals surface area (Å²) >= 11 is 0. The molecule has 112 valence electrons. The molecule has 0 aliphatic carbocycles. The van der Waals surface area contributed by atoms with Gasteiger partial charge >= 0.3 is 0 Å². The van der Waals surface area contributed by atoms with Gasteiger partial charge in [-0.05, 0) is 30.3 Å². The first kappa shape index (κ1) is 15.5. The molecule has 0 radical (unpaired) electrons. The molecule has 1 unspecified atom stereocenters. The number of hydrogen-bond acceptors (Lipinski definition) is 3. The summed E-state index contributed by atoms with van der Waals surface area (Å²) in [4.78, 5) is 6.04. The van der Waals surface area contributed by atoms with Crippen LogP contribution >= 0.6 is 0 Å². The van der Waals surface area contributed by atoms with E-state index in [-0.39, 0.29) is 12.6 Å². The molecule has 0 amide bonds. The van der Waals surface area contributed by atoms with Gasteiger partial charge in [0.2, 0.25) is 0 Å². The highest BCUT2D eigenvalue weighted by Crippen LogP contribution is 2.24. The van der Waals surface area contributed by atoms with Crippen LogP contribution in [0.4, 0.5) is 8.78 Å². The van der Waals surface area contributed by atoms with Crippen molar-refractivity contribution in [2.75, 3.05) is 13.1 Å². The first-order chi connectivity index (χ1) is 10.2. The number of benzene rings is 1. The Morgan fingerprint density at radius 2 is 1.90 bits per heavy atom. The Balaban J connectivity index is 2.25. The van der Waals surface area contributed by atoms with Gasteiger partial charge in [0.05, 0.1) is 6.04 Å². The maximum absolute atomic E-state index is 14.0. The van der Waals surface area contributed by atoms with Crippen molar-refractivity contribution in [2.45, 2.75) is 19.5 Å². The monoisotopic (exact) mass is 291 g/mol. The molecule has 0 saturated heterocycles. The summed E-state index contributed by atoms with van der Waals surface area (Å²) in [6, 6.07) is 7.18. The van der Waals surface area contributed by atoms with Crippen LogP contribution in [0, 0.1) is 11.6 Å². The predicted octanol–water partition coefficient (Wildman–Crippen LogP) is 2.88. The van der Waals surface area contributed by atoms with Gasteiger partial charge in [0.25, 0.3) is 0 Å². The number of nitrogens with zero attached hydrogens (tertiary/aromatic N) is 2. The Morgan fingerprint density at radius 3 is 2.48 bits per heavy atom. The number of likely N-dealkylation sites (N-methyl/N-ethyl adjacent to an activating group) is 1. The predicted molar refractivity (Wildman–Crippen MR) is 78.5 cm³/mol. The van der Waals surface area contributed by atoms with Crippen LogP contribution in [0.5, 0.6) is 0 Å². The minimum Gasteiger partial charge on any atom is -0.329 e. The Labute approximate surface area is 123 Å². The lowest BCUT2D eigenvalue weighted by molar-refractivity contribution is 0.199. The molecular formula is C16H19F2N3. The van der Waals surface area contributed by atoms with E-state index in [0.29, 0.717) is 18.7 Å². The summed E-state index contributed by atoms with van der Waals surface area (Å²) in [6.45, 7) is 3.60. The summed E-state index contributed by atoms with van der Waals surface area (Å²) in [7, 11) is 0. The van der Waals surface area contributed by atoms with Gasteiger partial charge in [0, 0.05) is 37.1 Å². The Morgan fingerprint density at radius 1 is 1.19 bits per heavy atom. The highest BCUT2D eigenvalue weighted by molar-refractivity contribution is 5.23. The van der Waals surface area contributed by atoms with Crippen molar-refractivity contribution in [2.24, 2.45) is 5.73 Å². The van der Waals surface area contributed by atoms with E-state index < -0.39 is 11.6 Å². The summed E-state index contributed by atoms with van der Waals surface area (Å²) in [6.07, 6.45) is 3.44. The molecule has 0 bridgehead atoms. The van der Waals surface area contributed by atoms with Crippen LogP contribution in [-0.4, -0.2) is 23.0 Å². The fourth-order valence-electron chi connectivity index (χ4n) is 2.41. The van der Waals surface area contributed by atoms with Gasteiger partial charge in [-0.25, -0.2) is 8.78 Å². The molecule has 21 heavy (non-hydrogen) atoms. The first-order valence-electron chi connectivity index (χ1n) is 6.93. The van der Waals surface area contributed by atoms with Crippen LogP contribution in [-0.2, 0) is 6.54 Å². The second-order valence-electron chi connectivity index (χ2n) is 4.84. The van der Waals surface area contributed by atoms with Crippen LogP contribution in [0.25, 0.3) is 0 Å². The summed E-state index contributed by atoms with van der Waals surface area (Å²) in [5, 5.41) is 0. The minimum absolute atomic E-state index is 0.265. The van der Waals surface area contributed by atoms with Crippen molar-refractivity contribution in [3.8, 4) is 0 Å². The van der Waals surface area contributed by atoms with Crippen molar-refractivity contribution in [1.82, 2.24) is 9.88 Å². The summed E-state index contributed by atoms with van der Waals surface area (Å²) < 4.78 is 27.0. The molecule has 1 aromatic heterocycles. The van der Waals surface area contributed by atoms with Crippen LogP contribution in [0.2, 0.25) is 0 Å². The third-order valence-electron chi connectivity index (χ3n) is 3.53.